The summed E-state index contributed by atoms with van der Waals surface area (Å²) in [5, 5.41) is 0. The number of urea groups is 1. The molecule has 5 nitrogen and oxygen atoms in total. The second kappa shape index (κ2) is 8.40. The highest BCUT2D eigenvalue weighted by Crippen LogP contribution is 2.05. The first-order valence-electron chi connectivity index (χ1n) is 4.88. The quantitative estimate of drug-likeness (QED) is 0.410. The first-order valence-corrected chi connectivity index (χ1v) is 6.06. The largest absolute Gasteiger partial charge is 0.466 e. The van der Waals surface area contributed by atoms with E-state index in [1.165, 1.54) is 16.3 Å². The number of carbonyl (C=O) groups excluding carboxylic acids is 2. The van der Waals surface area contributed by atoms with Gasteiger partial charge in [0, 0.05) is 12.8 Å². The Hall–Kier alpha value is -0.910. The number of hydrogen-bond donors (Lipinski definition) is 1. The summed E-state index contributed by atoms with van der Waals surface area (Å²) < 4.78 is 6.25. The number of nitrogens with two attached hydrogens (primary N) is 1. The molecule has 0 aliphatic carbocycles. The molecule has 0 aromatic heterocycles. The number of carbonyl (C=O) groups is 2. The van der Waals surface area contributed by atoms with Gasteiger partial charge < -0.3 is 10.5 Å². The van der Waals surface area contributed by atoms with Crippen molar-refractivity contribution in [1.29, 1.82) is 0 Å². The van der Waals surface area contributed by atoms with Gasteiger partial charge in [-0.15, -0.1) is 0 Å². The number of esters is 1. The topological polar surface area (TPSA) is 72.6 Å². The van der Waals surface area contributed by atoms with E-state index >= 15 is 0 Å². The minimum absolute atomic E-state index is 0.188. The predicted octanol–water partition coefficient (Wildman–Crippen LogP) is 1.38. The van der Waals surface area contributed by atoms with E-state index in [4.69, 9.17) is 10.5 Å². The number of unbranched alkanes of at least 4 members (excludes halogenated alkanes) is 1. The number of ether oxygens (including phenoxy) is 1. The molecule has 0 radical (unpaired) electrons. The van der Waals surface area contributed by atoms with Crippen LogP contribution in [0.15, 0.2) is 0 Å². The van der Waals surface area contributed by atoms with E-state index in [9.17, 15) is 9.59 Å². The van der Waals surface area contributed by atoms with E-state index in [0.29, 0.717) is 13.2 Å². The van der Waals surface area contributed by atoms with Gasteiger partial charge in [-0.25, -0.2) is 4.79 Å². The fourth-order valence-corrected chi connectivity index (χ4v) is 1.34. The molecule has 15 heavy (non-hydrogen) atoms. The highest BCUT2D eigenvalue weighted by Gasteiger charge is 2.11. The number of amides is 2. The summed E-state index contributed by atoms with van der Waals surface area (Å²) in [4.78, 5) is 21.9. The van der Waals surface area contributed by atoms with E-state index in [0.717, 1.165) is 12.8 Å². The van der Waals surface area contributed by atoms with Crippen molar-refractivity contribution in [3.8, 4) is 0 Å². The van der Waals surface area contributed by atoms with Crippen LogP contribution in [0.2, 0.25) is 0 Å². The average Bonchev–Trinajstić information content (AvgIpc) is 2.18. The number of nitrogens with zero attached hydrogens (tertiary/aromatic N) is 1. The predicted molar refractivity (Wildman–Crippen MR) is 60.3 cm³/mol. The summed E-state index contributed by atoms with van der Waals surface area (Å²) in [5.74, 6) is -0.288. The van der Waals surface area contributed by atoms with Gasteiger partial charge in [0.25, 0.3) is 0 Å². The molecule has 6 heteroatoms. The second-order valence-electron chi connectivity index (χ2n) is 2.95. The van der Waals surface area contributed by atoms with E-state index in [2.05, 4.69) is 0 Å². The molecule has 0 saturated heterocycles. The SMILES string of the molecule is CCCCOC(=O)CCN(SC)C(N)=O. The zero-order valence-corrected chi connectivity index (χ0v) is 10.0. The van der Waals surface area contributed by atoms with Gasteiger partial charge in [-0.1, -0.05) is 13.3 Å². The van der Waals surface area contributed by atoms with Gasteiger partial charge in [0.2, 0.25) is 0 Å². The van der Waals surface area contributed by atoms with Crippen molar-refractivity contribution in [1.82, 2.24) is 4.31 Å². The molecule has 2 N–H and O–H groups in total. The third-order valence-corrected chi connectivity index (χ3v) is 2.55. The Morgan fingerprint density at radius 1 is 1.47 bits per heavy atom. The van der Waals surface area contributed by atoms with Crippen LogP contribution in [-0.2, 0) is 9.53 Å². The molecular weight excluding hydrogens is 216 g/mol. The van der Waals surface area contributed by atoms with Crippen molar-refractivity contribution in [3.63, 3.8) is 0 Å². The lowest BCUT2D eigenvalue weighted by molar-refractivity contribution is -0.143. The van der Waals surface area contributed by atoms with Gasteiger partial charge in [0.05, 0.1) is 13.0 Å². The Balaban J connectivity index is 3.64. The lowest BCUT2D eigenvalue weighted by Crippen LogP contribution is -2.31. The molecule has 0 aliphatic rings. The number of hydrogen-bond acceptors (Lipinski definition) is 4. The molecule has 0 aromatic rings. The Kier molecular flexibility index (Phi) is 7.89. The van der Waals surface area contributed by atoms with Crippen molar-refractivity contribution >= 4 is 23.9 Å². The molecule has 0 spiro atoms. The van der Waals surface area contributed by atoms with Crippen LogP contribution in [0, 0.1) is 0 Å². The van der Waals surface area contributed by atoms with E-state index in [1.54, 1.807) is 6.26 Å². The normalized spacial score (nSPS) is 9.73. The smallest absolute Gasteiger partial charge is 0.324 e. The monoisotopic (exact) mass is 234 g/mol. The lowest BCUT2D eigenvalue weighted by Gasteiger charge is -2.15. The van der Waals surface area contributed by atoms with Gasteiger partial charge in [-0.3, -0.25) is 9.10 Å². The van der Waals surface area contributed by atoms with E-state index in [-0.39, 0.29) is 12.4 Å². The maximum Gasteiger partial charge on any atom is 0.324 e. The molecule has 0 unspecified atom stereocenters. The van der Waals surface area contributed by atoms with Crippen molar-refractivity contribution in [2.75, 3.05) is 19.4 Å². The second-order valence-corrected chi connectivity index (χ2v) is 3.75. The van der Waals surface area contributed by atoms with Gasteiger partial charge in [0.1, 0.15) is 0 Å². The van der Waals surface area contributed by atoms with E-state index in [1.807, 2.05) is 6.92 Å². The van der Waals surface area contributed by atoms with Crippen LogP contribution in [0.4, 0.5) is 4.79 Å². The average molecular weight is 234 g/mol. The van der Waals surface area contributed by atoms with Crippen LogP contribution in [0.5, 0.6) is 0 Å². The molecule has 0 saturated carbocycles. The van der Waals surface area contributed by atoms with Crippen molar-refractivity contribution in [2.45, 2.75) is 26.2 Å². The Morgan fingerprint density at radius 2 is 2.13 bits per heavy atom. The minimum Gasteiger partial charge on any atom is -0.466 e. The van der Waals surface area contributed by atoms with Crippen LogP contribution >= 0.6 is 11.9 Å². The van der Waals surface area contributed by atoms with Crippen molar-refractivity contribution in [3.05, 3.63) is 0 Å². The molecule has 0 bridgehead atoms. The van der Waals surface area contributed by atoms with Crippen LogP contribution in [-0.4, -0.2) is 35.7 Å². The van der Waals surface area contributed by atoms with Crippen LogP contribution < -0.4 is 5.73 Å². The van der Waals surface area contributed by atoms with Crippen LogP contribution in [0.1, 0.15) is 26.2 Å². The molecule has 2 amide bonds. The molecule has 0 aromatic carbocycles. The third kappa shape index (κ3) is 7.07. The summed E-state index contributed by atoms with van der Waals surface area (Å²) in [5.41, 5.74) is 5.07. The van der Waals surface area contributed by atoms with Gasteiger partial charge in [-0.2, -0.15) is 0 Å². The maximum absolute atomic E-state index is 11.2. The summed E-state index contributed by atoms with van der Waals surface area (Å²) in [7, 11) is 0. The lowest BCUT2D eigenvalue weighted by atomic mass is 10.3. The summed E-state index contributed by atoms with van der Waals surface area (Å²) >= 11 is 1.20. The highest BCUT2D eigenvalue weighted by atomic mass is 32.2. The zero-order valence-electron chi connectivity index (χ0n) is 9.19. The number of rotatable bonds is 7. The molecule has 0 rings (SSSR count). The number of primary amides is 1. The minimum atomic E-state index is -0.538. The first-order chi connectivity index (χ1) is 7.11. The van der Waals surface area contributed by atoms with Gasteiger partial charge in [-0.05, 0) is 18.4 Å². The summed E-state index contributed by atoms with van der Waals surface area (Å²) in [6.07, 6.45) is 3.78. The van der Waals surface area contributed by atoms with Crippen LogP contribution in [0.3, 0.4) is 0 Å². The van der Waals surface area contributed by atoms with Crippen molar-refractivity contribution in [2.24, 2.45) is 5.73 Å². The first kappa shape index (κ1) is 14.1. The summed E-state index contributed by atoms with van der Waals surface area (Å²) in [6.45, 7) is 2.77. The van der Waals surface area contributed by atoms with Crippen molar-refractivity contribution < 1.29 is 14.3 Å². The molecule has 0 heterocycles. The molecule has 88 valence electrons. The maximum atomic E-state index is 11.2. The fourth-order valence-electron chi connectivity index (χ4n) is 0.887. The summed E-state index contributed by atoms with van der Waals surface area (Å²) in [6, 6.07) is -0.538. The molecule has 0 fully saturated rings. The molecular formula is C9H18N2O3S. The standard InChI is InChI=1S/C9H18N2O3S/c1-3-4-7-14-8(12)5-6-11(15-2)9(10)13/h3-7H2,1-2H3,(H2,10,13). The van der Waals surface area contributed by atoms with Gasteiger partial charge >= 0.3 is 12.0 Å². The molecule has 0 aliphatic heterocycles. The molecule has 0 atom stereocenters. The highest BCUT2D eigenvalue weighted by molar-refractivity contribution is 7.96. The Labute approximate surface area is 94.5 Å². The van der Waals surface area contributed by atoms with E-state index < -0.39 is 6.03 Å². The van der Waals surface area contributed by atoms with Gasteiger partial charge in [0.15, 0.2) is 0 Å². The zero-order chi connectivity index (χ0) is 11.7. The third-order valence-electron chi connectivity index (χ3n) is 1.75. The Bertz CT molecular complexity index is 212. The van der Waals surface area contributed by atoms with Crippen LogP contribution in [0.25, 0.3) is 0 Å². The Morgan fingerprint density at radius 3 is 2.60 bits per heavy atom. The fraction of sp³-hybridized carbons (Fsp3) is 0.778.